The summed E-state index contributed by atoms with van der Waals surface area (Å²) in [4.78, 5) is 34.9. The van der Waals surface area contributed by atoms with E-state index in [0.717, 1.165) is 12.3 Å². The molecular weight excluding hydrogens is 404 g/mol. The van der Waals surface area contributed by atoms with Gasteiger partial charge in [0, 0.05) is 24.2 Å². The molecule has 9 heteroatoms. The van der Waals surface area contributed by atoms with Crippen LogP contribution in [0, 0.1) is 11.6 Å². The number of halogens is 2. The molecule has 1 aliphatic rings. The van der Waals surface area contributed by atoms with E-state index < -0.39 is 29.7 Å². The van der Waals surface area contributed by atoms with Crippen molar-refractivity contribution in [2.24, 2.45) is 4.99 Å². The lowest BCUT2D eigenvalue weighted by Gasteiger charge is -2.21. The first-order chi connectivity index (χ1) is 14.9. The summed E-state index contributed by atoms with van der Waals surface area (Å²) in [6, 6.07) is 13.3. The largest absolute Gasteiger partial charge is 0.321 e. The molecule has 1 unspecified atom stereocenters. The van der Waals surface area contributed by atoms with Gasteiger partial charge < -0.3 is 15.5 Å². The zero-order valence-corrected chi connectivity index (χ0v) is 16.3. The average molecular weight is 421 g/mol. The van der Waals surface area contributed by atoms with Crippen LogP contribution in [0.2, 0.25) is 0 Å². The Kier molecular flexibility index (Phi) is 5.40. The normalized spacial score (nSPS) is 15.6. The topological polar surface area (TPSA) is 86.7 Å². The Bertz CT molecular complexity index is 1200. The Hall–Kier alpha value is -4.14. The van der Waals surface area contributed by atoms with Crippen molar-refractivity contribution >= 4 is 29.0 Å². The number of hydrogen-bond donors (Lipinski definition) is 2. The zero-order valence-electron chi connectivity index (χ0n) is 16.3. The van der Waals surface area contributed by atoms with Crippen LogP contribution in [-0.4, -0.2) is 35.8 Å². The number of aliphatic imine (C=N–C) groups is 1. The van der Waals surface area contributed by atoms with E-state index in [0.29, 0.717) is 11.3 Å². The van der Waals surface area contributed by atoms with Crippen LogP contribution in [0.1, 0.15) is 11.1 Å². The highest BCUT2D eigenvalue weighted by molar-refractivity contribution is 6.20. The number of carbonyl (C=O) groups excluding carboxylic acids is 2. The molecule has 3 aromatic rings. The van der Waals surface area contributed by atoms with Crippen LogP contribution < -0.4 is 15.5 Å². The third-order valence-corrected chi connectivity index (χ3v) is 4.70. The Morgan fingerprint density at radius 2 is 1.74 bits per heavy atom. The van der Waals surface area contributed by atoms with Crippen LogP contribution in [0.3, 0.4) is 0 Å². The number of pyridine rings is 1. The van der Waals surface area contributed by atoms with Gasteiger partial charge in [-0.05, 0) is 18.2 Å². The molecule has 0 aliphatic carbocycles. The van der Waals surface area contributed by atoms with Gasteiger partial charge in [-0.25, -0.2) is 18.6 Å². The van der Waals surface area contributed by atoms with Crippen molar-refractivity contribution in [2.75, 3.05) is 17.3 Å². The maximum absolute atomic E-state index is 14.6. The second-order valence-corrected chi connectivity index (χ2v) is 6.76. The molecule has 0 spiro atoms. The van der Waals surface area contributed by atoms with E-state index in [1.54, 1.807) is 49.5 Å². The Labute approximate surface area is 176 Å². The summed E-state index contributed by atoms with van der Waals surface area (Å²) < 4.78 is 27.9. The van der Waals surface area contributed by atoms with Crippen molar-refractivity contribution in [3.8, 4) is 0 Å². The molecule has 3 amide bonds. The highest BCUT2D eigenvalue weighted by Crippen LogP contribution is 2.28. The number of anilines is 2. The Morgan fingerprint density at radius 1 is 1.03 bits per heavy atom. The van der Waals surface area contributed by atoms with Crippen molar-refractivity contribution in [3.63, 3.8) is 0 Å². The first-order valence-corrected chi connectivity index (χ1v) is 9.32. The number of hydrogen-bond acceptors (Lipinski definition) is 4. The molecule has 0 bridgehead atoms. The molecule has 1 aliphatic heterocycles. The summed E-state index contributed by atoms with van der Waals surface area (Å²) in [7, 11) is 1.55. The maximum Gasteiger partial charge on any atom is 0.321 e. The molecule has 7 nitrogen and oxygen atoms in total. The predicted molar refractivity (Wildman–Crippen MR) is 112 cm³/mol. The number of benzodiazepines with no additional fused rings is 1. The number of aromatic nitrogens is 1. The summed E-state index contributed by atoms with van der Waals surface area (Å²) in [5.41, 5.74) is 1.59. The van der Waals surface area contributed by atoms with E-state index >= 15 is 0 Å². The number of likely N-dealkylation sites (N-methyl/N-ethyl adjacent to an activating group) is 1. The number of carbonyl (C=O) groups is 2. The van der Waals surface area contributed by atoms with Gasteiger partial charge in [0.15, 0.2) is 0 Å². The van der Waals surface area contributed by atoms with Gasteiger partial charge in [-0.2, -0.15) is 0 Å². The van der Waals surface area contributed by atoms with Crippen molar-refractivity contribution in [1.29, 1.82) is 0 Å². The molecule has 4 rings (SSSR count). The van der Waals surface area contributed by atoms with Crippen LogP contribution in [-0.2, 0) is 4.79 Å². The Balaban J connectivity index is 1.72. The first-order valence-electron chi connectivity index (χ1n) is 9.32. The molecule has 0 saturated carbocycles. The van der Waals surface area contributed by atoms with Crippen molar-refractivity contribution < 1.29 is 18.4 Å². The second kappa shape index (κ2) is 8.31. The number of para-hydroxylation sites is 1. The highest BCUT2D eigenvalue weighted by atomic mass is 19.1. The number of benzene rings is 2. The molecule has 2 heterocycles. The maximum atomic E-state index is 14.6. The number of fused-ring (bicyclic) bond motifs is 1. The van der Waals surface area contributed by atoms with Gasteiger partial charge in [0.1, 0.15) is 11.6 Å². The fourth-order valence-corrected chi connectivity index (χ4v) is 3.26. The SMILES string of the molecule is CN1C(=O)C(NC(=O)Nc2cncc(F)c2)N=C(c2ccccc2F)c2ccccc21. The summed E-state index contributed by atoms with van der Waals surface area (Å²) in [5, 5.41) is 4.87. The Morgan fingerprint density at radius 3 is 2.48 bits per heavy atom. The smallest absolute Gasteiger partial charge is 0.311 e. The molecule has 1 atom stereocenters. The lowest BCUT2D eigenvalue weighted by molar-refractivity contribution is -0.119. The minimum Gasteiger partial charge on any atom is -0.311 e. The molecule has 2 aromatic carbocycles. The molecule has 1 aromatic heterocycles. The average Bonchev–Trinajstić information content (AvgIpc) is 2.85. The third-order valence-electron chi connectivity index (χ3n) is 4.70. The molecule has 0 saturated heterocycles. The van der Waals surface area contributed by atoms with Crippen LogP contribution in [0.15, 0.2) is 72.0 Å². The van der Waals surface area contributed by atoms with E-state index in [2.05, 4.69) is 20.6 Å². The highest BCUT2D eigenvalue weighted by Gasteiger charge is 2.31. The van der Waals surface area contributed by atoms with Gasteiger partial charge >= 0.3 is 6.03 Å². The van der Waals surface area contributed by atoms with Crippen molar-refractivity contribution in [2.45, 2.75) is 6.17 Å². The number of nitrogens with zero attached hydrogens (tertiary/aromatic N) is 3. The summed E-state index contributed by atoms with van der Waals surface area (Å²) in [6.07, 6.45) is 0.913. The van der Waals surface area contributed by atoms with Crippen molar-refractivity contribution in [1.82, 2.24) is 10.3 Å². The standard InChI is InChI=1S/C22H17F2N5O2/c1-29-18-9-5-3-7-16(18)19(15-6-2-4-8-17(15)24)27-20(21(29)30)28-22(31)26-14-10-13(23)11-25-12-14/h2-12,20H,1H3,(H2,26,28,31). The number of nitrogens with one attached hydrogen (secondary N) is 2. The van der Waals surface area contributed by atoms with Gasteiger partial charge in [0.25, 0.3) is 5.91 Å². The minimum atomic E-state index is -1.34. The quantitative estimate of drug-likeness (QED) is 0.680. The molecule has 2 N–H and O–H groups in total. The van der Waals surface area contributed by atoms with Crippen molar-refractivity contribution in [3.05, 3.63) is 89.8 Å². The van der Waals surface area contributed by atoms with Crippen LogP contribution in [0.5, 0.6) is 0 Å². The van der Waals surface area contributed by atoms with Crippen LogP contribution in [0.4, 0.5) is 25.0 Å². The second-order valence-electron chi connectivity index (χ2n) is 6.76. The van der Waals surface area contributed by atoms with Crippen LogP contribution in [0.25, 0.3) is 0 Å². The van der Waals surface area contributed by atoms with Gasteiger partial charge in [-0.15, -0.1) is 0 Å². The third kappa shape index (κ3) is 4.11. The molecule has 31 heavy (non-hydrogen) atoms. The van der Waals surface area contributed by atoms with Gasteiger partial charge in [-0.1, -0.05) is 30.3 Å². The van der Waals surface area contributed by atoms with E-state index in [4.69, 9.17) is 0 Å². The molecule has 0 radical (unpaired) electrons. The lowest BCUT2D eigenvalue weighted by Crippen LogP contribution is -2.47. The fourth-order valence-electron chi connectivity index (χ4n) is 3.26. The minimum absolute atomic E-state index is 0.105. The van der Waals surface area contributed by atoms with Gasteiger partial charge in [-0.3, -0.25) is 9.78 Å². The summed E-state index contributed by atoms with van der Waals surface area (Å²) in [6.45, 7) is 0. The van der Waals surface area contributed by atoms with E-state index in [1.165, 1.54) is 17.2 Å². The lowest BCUT2D eigenvalue weighted by atomic mass is 10.00. The van der Waals surface area contributed by atoms with Gasteiger partial charge in [0.05, 0.1) is 29.5 Å². The fraction of sp³-hybridized carbons (Fsp3) is 0.0909. The van der Waals surface area contributed by atoms with Crippen LogP contribution >= 0.6 is 0 Å². The number of amides is 3. The summed E-state index contributed by atoms with van der Waals surface area (Å²) >= 11 is 0. The molecule has 0 fully saturated rings. The van der Waals surface area contributed by atoms with E-state index in [-0.39, 0.29) is 17.0 Å². The number of urea groups is 1. The first kappa shape index (κ1) is 20.1. The monoisotopic (exact) mass is 421 g/mol. The molecular formula is C22H17F2N5O2. The summed E-state index contributed by atoms with van der Waals surface area (Å²) in [5.74, 6) is -1.66. The zero-order chi connectivity index (χ0) is 22.0. The van der Waals surface area contributed by atoms with E-state index in [1.807, 2.05) is 0 Å². The molecule has 156 valence electrons. The van der Waals surface area contributed by atoms with Gasteiger partial charge in [0.2, 0.25) is 6.17 Å². The van der Waals surface area contributed by atoms with E-state index in [9.17, 15) is 18.4 Å². The number of rotatable bonds is 3. The predicted octanol–water partition coefficient (Wildman–Crippen LogP) is 3.32.